The van der Waals surface area contributed by atoms with Gasteiger partial charge < -0.3 is 20.3 Å². The van der Waals surface area contributed by atoms with Crippen LogP contribution in [-0.2, 0) is 9.53 Å². The van der Waals surface area contributed by atoms with Gasteiger partial charge in [0.15, 0.2) is 0 Å². The summed E-state index contributed by atoms with van der Waals surface area (Å²) in [5.41, 5.74) is 3.00. The van der Waals surface area contributed by atoms with E-state index >= 15 is 0 Å². The van der Waals surface area contributed by atoms with E-state index in [1.807, 2.05) is 12.1 Å². The van der Waals surface area contributed by atoms with Crippen molar-refractivity contribution in [2.75, 3.05) is 41.8 Å². The number of nitrogens with zero attached hydrogens (tertiary/aromatic N) is 2. The van der Waals surface area contributed by atoms with Gasteiger partial charge in [-0.15, -0.1) is 0 Å². The molecule has 2 aliphatic rings. The summed E-state index contributed by atoms with van der Waals surface area (Å²) in [6.45, 7) is 3.62. The molecule has 0 aliphatic carbocycles. The number of amides is 1. The second-order valence-corrected chi connectivity index (χ2v) is 7.17. The topological polar surface area (TPSA) is 66.5 Å². The highest BCUT2D eigenvalue weighted by atomic mass is 16.5. The van der Waals surface area contributed by atoms with Crippen molar-refractivity contribution in [3.63, 3.8) is 0 Å². The summed E-state index contributed by atoms with van der Waals surface area (Å²) in [5.74, 6) is 0.844. The SMILES string of the molecule is O=C(Nc1ccc(Nc2ccc(N3CCCC3)cc2)nc1)C1CCOCC1. The molecule has 0 unspecified atom stereocenters. The summed E-state index contributed by atoms with van der Waals surface area (Å²) >= 11 is 0. The fraction of sp³-hybridized carbons (Fsp3) is 0.429. The second-order valence-electron chi connectivity index (χ2n) is 7.17. The average molecular weight is 366 g/mol. The van der Waals surface area contributed by atoms with Crippen LogP contribution in [0.4, 0.5) is 22.9 Å². The Bertz CT molecular complexity index is 749. The molecule has 0 radical (unpaired) electrons. The number of pyridine rings is 1. The van der Waals surface area contributed by atoms with E-state index in [1.54, 1.807) is 6.20 Å². The summed E-state index contributed by atoms with van der Waals surface area (Å²) in [5, 5.41) is 6.26. The molecule has 1 aromatic heterocycles. The zero-order valence-electron chi connectivity index (χ0n) is 15.5. The van der Waals surface area contributed by atoms with Crippen LogP contribution in [0.3, 0.4) is 0 Å². The monoisotopic (exact) mass is 366 g/mol. The summed E-state index contributed by atoms with van der Waals surface area (Å²) in [6.07, 6.45) is 5.82. The Labute approximate surface area is 159 Å². The molecule has 0 bridgehead atoms. The van der Waals surface area contributed by atoms with Crippen molar-refractivity contribution in [1.29, 1.82) is 0 Å². The lowest BCUT2D eigenvalue weighted by Gasteiger charge is -2.21. The normalized spacial score (nSPS) is 17.7. The number of carbonyl (C=O) groups excluding carboxylic acids is 1. The minimum atomic E-state index is 0.0330. The van der Waals surface area contributed by atoms with Gasteiger partial charge in [-0.25, -0.2) is 4.98 Å². The summed E-state index contributed by atoms with van der Waals surface area (Å²) in [6, 6.07) is 12.2. The number of rotatable bonds is 5. The van der Waals surface area contributed by atoms with Gasteiger partial charge in [-0.3, -0.25) is 4.79 Å². The molecule has 2 aromatic rings. The minimum absolute atomic E-state index is 0.0330. The van der Waals surface area contributed by atoms with Crippen molar-refractivity contribution in [1.82, 2.24) is 4.98 Å². The van der Waals surface area contributed by atoms with Gasteiger partial charge in [-0.2, -0.15) is 0 Å². The summed E-state index contributed by atoms with van der Waals surface area (Å²) < 4.78 is 5.31. The van der Waals surface area contributed by atoms with Gasteiger partial charge in [-0.05, 0) is 62.1 Å². The lowest BCUT2D eigenvalue weighted by Crippen LogP contribution is -2.28. The Morgan fingerprint density at radius 1 is 1.00 bits per heavy atom. The van der Waals surface area contributed by atoms with Crippen LogP contribution in [0.25, 0.3) is 0 Å². The highest BCUT2D eigenvalue weighted by Crippen LogP contribution is 2.24. The molecular formula is C21H26N4O2. The first-order valence-corrected chi connectivity index (χ1v) is 9.75. The maximum Gasteiger partial charge on any atom is 0.227 e. The molecule has 2 N–H and O–H groups in total. The highest BCUT2D eigenvalue weighted by Gasteiger charge is 2.21. The van der Waals surface area contributed by atoms with Crippen LogP contribution in [-0.4, -0.2) is 37.2 Å². The van der Waals surface area contributed by atoms with E-state index in [4.69, 9.17) is 4.74 Å². The Kier molecular flexibility index (Phi) is 5.53. The Balaban J connectivity index is 1.32. The average Bonchev–Trinajstić information content (AvgIpc) is 3.26. The Hall–Kier alpha value is -2.60. The third-order valence-corrected chi connectivity index (χ3v) is 5.23. The van der Waals surface area contributed by atoms with Crippen LogP contribution in [0.15, 0.2) is 42.6 Å². The molecule has 0 spiro atoms. The van der Waals surface area contributed by atoms with E-state index in [1.165, 1.54) is 18.5 Å². The summed E-state index contributed by atoms with van der Waals surface area (Å²) in [7, 11) is 0. The van der Waals surface area contributed by atoms with Crippen LogP contribution in [0.5, 0.6) is 0 Å². The molecular weight excluding hydrogens is 340 g/mol. The van der Waals surface area contributed by atoms with Crippen LogP contribution >= 0.6 is 0 Å². The molecule has 2 saturated heterocycles. The molecule has 6 heteroatoms. The smallest absolute Gasteiger partial charge is 0.227 e. The van der Waals surface area contributed by atoms with Crippen LogP contribution in [0, 0.1) is 5.92 Å². The first kappa shape index (κ1) is 17.8. The number of nitrogens with one attached hydrogen (secondary N) is 2. The lowest BCUT2D eigenvalue weighted by molar-refractivity contribution is -0.122. The number of ether oxygens (including phenoxy) is 1. The predicted octanol–water partition coefficient (Wildman–Crippen LogP) is 3.79. The fourth-order valence-corrected chi connectivity index (χ4v) is 3.62. The number of hydrogen-bond donors (Lipinski definition) is 2. The van der Waals surface area contributed by atoms with Crippen molar-refractivity contribution in [2.24, 2.45) is 5.92 Å². The zero-order valence-corrected chi connectivity index (χ0v) is 15.5. The quantitative estimate of drug-likeness (QED) is 0.843. The van der Waals surface area contributed by atoms with Crippen molar-refractivity contribution in [3.8, 4) is 0 Å². The molecule has 2 aliphatic heterocycles. The maximum atomic E-state index is 12.3. The molecule has 142 valence electrons. The van der Waals surface area contributed by atoms with E-state index in [9.17, 15) is 4.79 Å². The number of hydrogen-bond acceptors (Lipinski definition) is 5. The first-order chi connectivity index (χ1) is 13.3. The molecule has 27 heavy (non-hydrogen) atoms. The van der Waals surface area contributed by atoms with Crippen molar-refractivity contribution in [2.45, 2.75) is 25.7 Å². The van der Waals surface area contributed by atoms with Crippen LogP contribution < -0.4 is 15.5 Å². The van der Waals surface area contributed by atoms with E-state index in [0.29, 0.717) is 13.2 Å². The molecule has 4 rings (SSSR count). The Morgan fingerprint density at radius 2 is 1.70 bits per heavy atom. The molecule has 3 heterocycles. The largest absolute Gasteiger partial charge is 0.381 e. The van der Waals surface area contributed by atoms with Gasteiger partial charge in [0.05, 0.1) is 11.9 Å². The fourth-order valence-electron chi connectivity index (χ4n) is 3.62. The molecule has 0 saturated carbocycles. The van der Waals surface area contributed by atoms with Gasteiger partial charge >= 0.3 is 0 Å². The summed E-state index contributed by atoms with van der Waals surface area (Å²) in [4.78, 5) is 19.1. The predicted molar refractivity (Wildman–Crippen MR) is 108 cm³/mol. The third kappa shape index (κ3) is 4.57. The molecule has 0 atom stereocenters. The minimum Gasteiger partial charge on any atom is -0.381 e. The van der Waals surface area contributed by atoms with Crippen LogP contribution in [0.2, 0.25) is 0 Å². The van der Waals surface area contributed by atoms with E-state index in [-0.39, 0.29) is 11.8 Å². The maximum absolute atomic E-state index is 12.3. The standard InChI is InChI=1S/C21H26N4O2/c26-21(16-9-13-27-14-10-16)24-18-5-8-20(22-15-18)23-17-3-6-19(7-4-17)25-11-1-2-12-25/h3-8,15-16H,1-2,9-14H2,(H,22,23)(H,24,26). The Morgan fingerprint density at radius 3 is 2.37 bits per heavy atom. The van der Waals surface area contributed by atoms with Gasteiger partial charge in [-0.1, -0.05) is 0 Å². The number of benzene rings is 1. The molecule has 2 fully saturated rings. The van der Waals surface area contributed by atoms with Gasteiger partial charge in [0.1, 0.15) is 5.82 Å². The van der Waals surface area contributed by atoms with E-state index in [2.05, 4.69) is 44.8 Å². The molecule has 1 amide bonds. The number of anilines is 4. The number of aromatic nitrogens is 1. The first-order valence-electron chi connectivity index (χ1n) is 9.75. The molecule has 1 aromatic carbocycles. The van der Waals surface area contributed by atoms with Gasteiger partial charge in [0.25, 0.3) is 0 Å². The lowest BCUT2D eigenvalue weighted by atomic mass is 9.99. The number of carbonyl (C=O) groups is 1. The molecule has 6 nitrogen and oxygen atoms in total. The zero-order chi connectivity index (χ0) is 18.5. The van der Waals surface area contributed by atoms with E-state index in [0.717, 1.165) is 43.1 Å². The van der Waals surface area contributed by atoms with Crippen molar-refractivity contribution < 1.29 is 9.53 Å². The van der Waals surface area contributed by atoms with Gasteiger partial charge in [0, 0.05) is 43.6 Å². The second kappa shape index (κ2) is 8.39. The van der Waals surface area contributed by atoms with E-state index < -0.39 is 0 Å². The third-order valence-electron chi connectivity index (χ3n) is 5.23. The van der Waals surface area contributed by atoms with Crippen molar-refractivity contribution in [3.05, 3.63) is 42.6 Å². The van der Waals surface area contributed by atoms with Crippen LogP contribution in [0.1, 0.15) is 25.7 Å². The highest BCUT2D eigenvalue weighted by molar-refractivity contribution is 5.92. The van der Waals surface area contributed by atoms with Crippen molar-refractivity contribution >= 4 is 28.8 Å². The van der Waals surface area contributed by atoms with Gasteiger partial charge in [0.2, 0.25) is 5.91 Å².